The number of unbranched alkanes of at least 4 members (excludes halogenated alkanes) is 8. The van der Waals surface area contributed by atoms with Gasteiger partial charge in [-0.3, -0.25) is 19.2 Å². The Kier molecular flexibility index (Phi) is 35.2. The predicted molar refractivity (Wildman–Crippen MR) is 265 cm³/mol. The van der Waals surface area contributed by atoms with Gasteiger partial charge in [-0.15, -0.1) is 0 Å². The Morgan fingerprint density at radius 3 is 1.42 bits per heavy atom. The highest BCUT2D eigenvalue weighted by Gasteiger charge is 2.39. The molecular formula is C46H90O8S2Si3. The van der Waals surface area contributed by atoms with Gasteiger partial charge in [-0.2, -0.15) is 0 Å². The van der Waals surface area contributed by atoms with Crippen molar-refractivity contribution < 1.29 is 38.2 Å². The first-order valence-electron chi connectivity index (χ1n) is 22.7. The number of esters is 2. The molecule has 0 bridgehead atoms. The quantitative estimate of drug-likeness (QED) is 0.0303. The van der Waals surface area contributed by atoms with Crippen LogP contribution >= 0.6 is 23.5 Å². The zero-order valence-electron chi connectivity index (χ0n) is 40.1. The smallest absolute Gasteiger partial charge is 0.308 e. The van der Waals surface area contributed by atoms with Crippen LogP contribution in [0.4, 0.5) is 0 Å². The molecule has 59 heavy (non-hydrogen) atoms. The van der Waals surface area contributed by atoms with E-state index in [1.54, 1.807) is 6.08 Å². The average molecular weight is 920 g/mol. The fourth-order valence-corrected chi connectivity index (χ4v) is 9.28. The summed E-state index contributed by atoms with van der Waals surface area (Å²) in [6.07, 6.45) is 21.2. The number of carbonyl (C=O) groups is 4. The van der Waals surface area contributed by atoms with Crippen LogP contribution in [0.3, 0.4) is 0 Å². The molecule has 0 unspecified atom stereocenters. The SMILES string of the molecule is CCCCCCCC(=O)SCC/C=C/[C@@H](O)CC(=O)OCC[Si](C)(C)C.CCCCCCCC(=O)SCC/C=C/[C@H](CC(=O)OCC[Si](C)(C)C)O[Si](C)(C)C(C)(C)C. The second-order valence-electron chi connectivity index (χ2n) is 19.7. The van der Waals surface area contributed by atoms with Crippen molar-refractivity contribution in [1.82, 2.24) is 0 Å². The lowest BCUT2D eigenvalue weighted by Gasteiger charge is -2.38. The number of rotatable bonds is 32. The van der Waals surface area contributed by atoms with Gasteiger partial charge in [0, 0.05) is 40.5 Å². The third kappa shape index (κ3) is 40.8. The summed E-state index contributed by atoms with van der Waals surface area (Å²) >= 11 is 2.79. The molecule has 0 aromatic carbocycles. The van der Waals surface area contributed by atoms with Crippen LogP contribution in [0, 0.1) is 0 Å². The monoisotopic (exact) mass is 919 g/mol. The molecule has 0 aliphatic rings. The van der Waals surface area contributed by atoms with Crippen molar-refractivity contribution in [2.75, 3.05) is 24.7 Å². The third-order valence-electron chi connectivity index (χ3n) is 10.00. The number of carbonyl (C=O) groups excluding carboxylic acids is 4. The number of hydrogen-bond acceptors (Lipinski definition) is 10. The van der Waals surface area contributed by atoms with Gasteiger partial charge in [0.05, 0.1) is 38.3 Å². The van der Waals surface area contributed by atoms with Gasteiger partial charge in [0.2, 0.25) is 0 Å². The number of thioether (sulfide) groups is 2. The maximum absolute atomic E-state index is 12.5. The maximum atomic E-state index is 12.5. The number of ether oxygens (including phenoxy) is 2. The lowest BCUT2D eigenvalue weighted by atomic mass is 10.1. The molecule has 2 atom stereocenters. The second kappa shape index (κ2) is 34.5. The van der Waals surface area contributed by atoms with E-state index >= 15 is 0 Å². The third-order valence-corrected chi connectivity index (χ3v) is 19.8. The summed E-state index contributed by atoms with van der Waals surface area (Å²) in [5.41, 5.74) is 0. The van der Waals surface area contributed by atoms with E-state index < -0.39 is 30.6 Å². The number of allylic oxidation sites excluding steroid dienone is 2. The fourth-order valence-electron chi connectivity index (χ4n) is 5.04. The average Bonchev–Trinajstić information content (AvgIpc) is 3.09. The van der Waals surface area contributed by atoms with Gasteiger partial charge in [0.1, 0.15) is 0 Å². The number of hydrogen-bond donors (Lipinski definition) is 1. The molecule has 346 valence electrons. The highest BCUT2D eigenvalue weighted by atomic mass is 32.2. The highest BCUT2D eigenvalue weighted by Crippen LogP contribution is 2.38. The van der Waals surface area contributed by atoms with Crippen LogP contribution in [0.1, 0.15) is 137 Å². The number of aliphatic hydroxyl groups excluding tert-OH is 1. The molecule has 0 aromatic rings. The minimum Gasteiger partial charge on any atom is -0.466 e. The summed E-state index contributed by atoms with van der Waals surface area (Å²) in [7, 11) is -4.45. The van der Waals surface area contributed by atoms with E-state index in [-0.39, 0.29) is 41.0 Å². The molecule has 0 radical (unpaired) electrons. The molecule has 0 heterocycles. The van der Waals surface area contributed by atoms with Crippen LogP contribution in [0.15, 0.2) is 24.3 Å². The van der Waals surface area contributed by atoms with E-state index in [1.165, 1.54) is 62.0 Å². The first kappa shape index (κ1) is 60.1. The molecule has 0 saturated heterocycles. The summed E-state index contributed by atoms with van der Waals surface area (Å²) < 4.78 is 17.2. The standard InChI is InChI=1S/C26H52O4SSi2.C20H38O4SSi/c1-10-11-12-13-14-18-25(28)31-20-16-15-17-23(30-33(8,9)26(2,3)4)22-24(27)29-19-21-32(5,6)7;1-5-6-7-8-9-13-20(23)25-15-11-10-12-18(21)17-19(22)24-14-16-26(2,3)4/h15,17,23H,10-14,16,18-22H2,1-9H3;10,12,18,21H,5-9,11,13-17H2,1-4H3/b17-15+;12-10+/t23-;18-/m11/s1. The van der Waals surface area contributed by atoms with E-state index in [9.17, 15) is 24.3 Å². The van der Waals surface area contributed by atoms with Crippen LogP contribution in [0.2, 0.25) is 69.5 Å². The van der Waals surface area contributed by atoms with Crippen LogP contribution in [0.5, 0.6) is 0 Å². The Bertz CT molecular complexity index is 1190. The molecule has 0 rings (SSSR count). The van der Waals surface area contributed by atoms with E-state index in [2.05, 4.69) is 93.1 Å². The van der Waals surface area contributed by atoms with E-state index in [4.69, 9.17) is 13.9 Å². The minimum atomic E-state index is -2.02. The van der Waals surface area contributed by atoms with Gasteiger partial charge < -0.3 is 19.0 Å². The summed E-state index contributed by atoms with van der Waals surface area (Å²) in [5, 5.41) is 10.4. The topological polar surface area (TPSA) is 116 Å². The summed E-state index contributed by atoms with van der Waals surface area (Å²) in [4.78, 5) is 47.9. The Morgan fingerprint density at radius 1 is 0.610 bits per heavy atom. The van der Waals surface area contributed by atoms with Gasteiger partial charge in [0.25, 0.3) is 0 Å². The first-order valence-corrected chi connectivity index (χ1v) is 35.0. The zero-order valence-corrected chi connectivity index (χ0v) is 44.8. The molecule has 0 spiro atoms. The molecular weight excluding hydrogens is 829 g/mol. The zero-order chi connectivity index (χ0) is 45.4. The van der Waals surface area contributed by atoms with E-state index in [0.717, 1.165) is 55.7 Å². The summed E-state index contributed by atoms with van der Waals surface area (Å²) in [6, 6.07) is 1.92. The second-order valence-corrected chi connectivity index (χ2v) is 38.0. The van der Waals surface area contributed by atoms with Gasteiger partial charge in [0.15, 0.2) is 18.5 Å². The van der Waals surface area contributed by atoms with E-state index in [0.29, 0.717) is 37.6 Å². The van der Waals surface area contributed by atoms with Crippen LogP contribution in [0.25, 0.3) is 0 Å². The Balaban J connectivity index is 0. The summed E-state index contributed by atoms with van der Waals surface area (Å²) in [5.74, 6) is 0.956. The van der Waals surface area contributed by atoms with Crippen molar-refractivity contribution in [2.24, 2.45) is 0 Å². The van der Waals surface area contributed by atoms with Crippen molar-refractivity contribution >= 4 is 70.2 Å². The predicted octanol–water partition coefficient (Wildman–Crippen LogP) is 13.4. The first-order chi connectivity index (χ1) is 27.4. The van der Waals surface area contributed by atoms with Crippen LogP contribution in [-0.2, 0) is 33.1 Å². The molecule has 0 amide bonds. The Morgan fingerprint density at radius 2 is 1.02 bits per heavy atom. The number of aliphatic hydroxyl groups is 1. The molecule has 0 aliphatic heterocycles. The largest absolute Gasteiger partial charge is 0.466 e. The summed E-state index contributed by atoms with van der Waals surface area (Å²) in [6.45, 7) is 29.9. The van der Waals surface area contributed by atoms with Gasteiger partial charge in [-0.05, 0) is 55.9 Å². The fraction of sp³-hybridized carbons (Fsp3) is 0.826. The molecule has 0 fully saturated rings. The van der Waals surface area contributed by atoms with Crippen molar-refractivity contribution in [3.63, 3.8) is 0 Å². The molecule has 13 heteroatoms. The van der Waals surface area contributed by atoms with Gasteiger partial charge in [-0.1, -0.05) is 173 Å². The van der Waals surface area contributed by atoms with Crippen molar-refractivity contribution in [3.05, 3.63) is 24.3 Å². The lowest BCUT2D eigenvalue weighted by molar-refractivity contribution is -0.145. The molecule has 0 aliphatic carbocycles. The minimum absolute atomic E-state index is 0.00790. The normalized spacial score (nSPS) is 13.6. The molecule has 8 nitrogen and oxygen atoms in total. The van der Waals surface area contributed by atoms with Crippen LogP contribution < -0.4 is 0 Å². The lowest BCUT2D eigenvalue weighted by Crippen LogP contribution is -2.44. The Labute approximate surface area is 374 Å². The molecule has 0 aromatic heterocycles. The highest BCUT2D eigenvalue weighted by molar-refractivity contribution is 8.13. The Hall–Kier alpha value is -0.969. The van der Waals surface area contributed by atoms with E-state index in [1.807, 2.05) is 12.2 Å². The maximum Gasteiger partial charge on any atom is 0.308 e. The van der Waals surface area contributed by atoms with Gasteiger partial charge >= 0.3 is 11.9 Å². The van der Waals surface area contributed by atoms with Crippen molar-refractivity contribution in [1.29, 1.82) is 0 Å². The van der Waals surface area contributed by atoms with Gasteiger partial charge in [-0.25, -0.2) is 0 Å². The van der Waals surface area contributed by atoms with Crippen LogP contribution in [-0.4, -0.2) is 88.7 Å². The molecule has 0 saturated carbocycles. The molecule has 1 N–H and O–H groups in total. The van der Waals surface area contributed by atoms with Crippen molar-refractivity contribution in [3.8, 4) is 0 Å². The van der Waals surface area contributed by atoms with Crippen molar-refractivity contribution in [2.45, 2.75) is 219 Å².